The third-order valence-electron chi connectivity index (χ3n) is 4.84. The van der Waals surface area contributed by atoms with Gasteiger partial charge in [0.15, 0.2) is 22.5 Å². The Balaban J connectivity index is 1.47. The van der Waals surface area contributed by atoms with E-state index in [2.05, 4.69) is 20.7 Å². The summed E-state index contributed by atoms with van der Waals surface area (Å²) >= 11 is 13.3. The summed E-state index contributed by atoms with van der Waals surface area (Å²) in [6.45, 7) is 2.24. The van der Waals surface area contributed by atoms with Gasteiger partial charge >= 0.3 is 0 Å². The minimum atomic E-state index is -0.321. The topological polar surface area (TPSA) is 102 Å². The normalized spacial score (nSPS) is 11.1. The van der Waals surface area contributed by atoms with Crippen molar-refractivity contribution in [2.24, 2.45) is 5.10 Å². The number of ether oxygens (including phenoxy) is 1. The van der Waals surface area contributed by atoms with Crippen molar-refractivity contribution in [2.75, 3.05) is 12.4 Å². The molecule has 0 spiro atoms. The first-order valence-corrected chi connectivity index (χ1v) is 12.6. The summed E-state index contributed by atoms with van der Waals surface area (Å²) in [5.41, 5.74) is 4.78. The molecule has 0 atom stereocenters. The second-order valence-electron chi connectivity index (χ2n) is 7.37. The Hall–Kier alpha value is -3.53. The second-order valence-corrected chi connectivity index (χ2v) is 9.18. The van der Waals surface area contributed by atoms with Crippen molar-refractivity contribution in [3.05, 3.63) is 82.3 Å². The standard InChI is InChI=1S/C25H21Cl2N5O3S/c1-2-35-22-13-16(3-12-21(22)33)14-28-29-23(34)15-36-25-31-30-24(17-4-6-18(26)7-5-17)32(25)20-10-8-19(27)9-11-20/h3-14,33H,2,15H2,1H3,(H,29,34). The number of thioether (sulfide) groups is 1. The SMILES string of the molecule is CCOc1cc(C=NNC(=O)CSc2nnc(-c3ccc(Cl)cc3)n2-c2ccc(Cl)cc2)ccc1O. The smallest absolute Gasteiger partial charge is 0.250 e. The third-order valence-corrected chi connectivity index (χ3v) is 6.27. The lowest BCUT2D eigenvalue weighted by Crippen LogP contribution is -2.20. The molecule has 0 aliphatic heterocycles. The predicted molar refractivity (Wildman–Crippen MR) is 143 cm³/mol. The molecule has 0 unspecified atom stereocenters. The number of nitrogens with one attached hydrogen (secondary N) is 1. The molecular weight excluding hydrogens is 521 g/mol. The molecule has 0 bridgehead atoms. The number of aromatic hydroxyl groups is 1. The highest BCUT2D eigenvalue weighted by Gasteiger charge is 2.17. The summed E-state index contributed by atoms with van der Waals surface area (Å²) < 4.78 is 7.21. The van der Waals surface area contributed by atoms with Crippen molar-refractivity contribution >= 4 is 47.1 Å². The Morgan fingerprint density at radius 1 is 1.08 bits per heavy atom. The largest absolute Gasteiger partial charge is 0.504 e. The highest BCUT2D eigenvalue weighted by molar-refractivity contribution is 7.99. The summed E-state index contributed by atoms with van der Waals surface area (Å²) in [6.07, 6.45) is 1.47. The molecule has 3 aromatic carbocycles. The van der Waals surface area contributed by atoms with Gasteiger partial charge in [-0.15, -0.1) is 10.2 Å². The van der Waals surface area contributed by atoms with E-state index >= 15 is 0 Å². The third kappa shape index (κ3) is 6.37. The number of phenolic OH excluding ortho intramolecular Hbond substituents is 1. The van der Waals surface area contributed by atoms with Gasteiger partial charge in [-0.1, -0.05) is 35.0 Å². The predicted octanol–water partition coefficient (Wildman–Crippen LogP) is 5.59. The van der Waals surface area contributed by atoms with Crippen LogP contribution in [0.1, 0.15) is 12.5 Å². The number of nitrogens with zero attached hydrogens (tertiary/aromatic N) is 4. The van der Waals surface area contributed by atoms with Gasteiger partial charge in [0.25, 0.3) is 5.91 Å². The fraction of sp³-hybridized carbons (Fsp3) is 0.120. The number of hydrogen-bond donors (Lipinski definition) is 2. The Morgan fingerprint density at radius 3 is 2.47 bits per heavy atom. The van der Waals surface area contributed by atoms with Crippen molar-refractivity contribution in [3.63, 3.8) is 0 Å². The van der Waals surface area contributed by atoms with E-state index in [1.165, 1.54) is 24.0 Å². The van der Waals surface area contributed by atoms with E-state index in [0.717, 1.165) is 11.3 Å². The minimum absolute atomic E-state index is 0.0391. The molecule has 8 nitrogen and oxygen atoms in total. The number of halogens is 2. The molecule has 36 heavy (non-hydrogen) atoms. The average molecular weight is 542 g/mol. The summed E-state index contributed by atoms with van der Waals surface area (Å²) in [5, 5.41) is 24.2. The summed E-state index contributed by atoms with van der Waals surface area (Å²) in [4.78, 5) is 12.4. The van der Waals surface area contributed by atoms with Gasteiger partial charge in [0.05, 0.1) is 18.6 Å². The van der Waals surface area contributed by atoms with Gasteiger partial charge in [0, 0.05) is 21.3 Å². The molecule has 0 radical (unpaired) electrons. The van der Waals surface area contributed by atoms with E-state index in [9.17, 15) is 9.90 Å². The molecule has 0 aliphatic carbocycles. The Labute approximate surface area is 221 Å². The van der Waals surface area contributed by atoms with Crippen LogP contribution in [0.4, 0.5) is 0 Å². The zero-order chi connectivity index (χ0) is 25.5. The van der Waals surface area contributed by atoms with Gasteiger partial charge in [-0.05, 0) is 79.2 Å². The fourth-order valence-corrected chi connectivity index (χ4v) is 4.19. The number of hydrogen-bond acceptors (Lipinski definition) is 7. The number of amides is 1. The molecule has 1 aromatic heterocycles. The zero-order valence-corrected chi connectivity index (χ0v) is 21.4. The van der Waals surface area contributed by atoms with E-state index in [1.807, 2.05) is 35.8 Å². The van der Waals surface area contributed by atoms with Crippen LogP contribution >= 0.6 is 35.0 Å². The number of rotatable bonds is 9. The Morgan fingerprint density at radius 2 is 1.78 bits per heavy atom. The highest BCUT2D eigenvalue weighted by atomic mass is 35.5. The maximum Gasteiger partial charge on any atom is 0.250 e. The molecule has 11 heteroatoms. The quantitative estimate of drug-likeness (QED) is 0.163. The number of hydrazone groups is 1. The number of carbonyl (C=O) groups excluding carboxylic acids is 1. The second kappa shape index (κ2) is 11.9. The van der Waals surface area contributed by atoms with Crippen LogP contribution < -0.4 is 10.2 Å². The van der Waals surface area contributed by atoms with Crippen LogP contribution in [0.2, 0.25) is 10.0 Å². The molecule has 4 rings (SSSR count). The van der Waals surface area contributed by atoms with Crippen LogP contribution in [-0.4, -0.2) is 44.4 Å². The molecule has 4 aromatic rings. The number of carbonyl (C=O) groups is 1. The molecule has 0 aliphatic rings. The lowest BCUT2D eigenvalue weighted by molar-refractivity contribution is -0.118. The van der Waals surface area contributed by atoms with Crippen LogP contribution in [0.25, 0.3) is 17.1 Å². The maximum atomic E-state index is 12.4. The van der Waals surface area contributed by atoms with Gasteiger partial charge in [-0.25, -0.2) is 5.43 Å². The lowest BCUT2D eigenvalue weighted by Gasteiger charge is -2.10. The van der Waals surface area contributed by atoms with Crippen LogP contribution in [0.5, 0.6) is 11.5 Å². The molecule has 1 amide bonds. The summed E-state index contributed by atoms with van der Waals surface area (Å²) in [6, 6.07) is 19.3. The van der Waals surface area contributed by atoms with Crippen molar-refractivity contribution in [3.8, 4) is 28.6 Å². The first-order valence-electron chi connectivity index (χ1n) is 10.8. The van der Waals surface area contributed by atoms with Crippen LogP contribution in [-0.2, 0) is 4.79 Å². The highest BCUT2D eigenvalue weighted by Crippen LogP contribution is 2.29. The average Bonchev–Trinajstić information content (AvgIpc) is 3.29. The first kappa shape index (κ1) is 25.6. The molecule has 0 saturated heterocycles. The van der Waals surface area contributed by atoms with Gasteiger partial charge < -0.3 is 9.84 Å². The van der Waals surface area contributed by atoms with Crippen LogP contribution in [0.3, 0.4) is 0 Å². The lowest BCUT2D eigenvalue weighted by atomic mass is 10.2. The monoisotopic (exact) mass is 541 g/mol. The molecular formula is C25H21Cl2N5O3S. The fourth-order valence-electron chi connectivity index (χ4n) is 3.20. The van der Waals surface area contributed by atoms with Gasteiger partial charge in [0.2, 0.25) is 0 Å². The number of benzene rings is 3. The van der Waals surface area contributed by atoms with Gasteiger partial charge in [-0.3, -0.25) is 9.36 Å². The maximum absolute atomic E-state index is 12.4. The van der Waals surface area contributed by atoms with Crippen molar-refractivity contribution < 1.29 is 14.6 Å². The first-order chi connectivity index (χ1) is 17.4. The van der Waals surface area contributed by atoms with E-state index in [4.69, 9.17) is 27.9 Å². The van der Waals surface area contributed by atoms with Gasteiger partial charge in [-0.2, -0.15) is 5.10 Å². The Kier molecular flexibility index (Phi) is 8.48. The summed E-state index contributed by atoms with van der Waals surface area (Å²) in [7, 11) is 0. The van der Waals surface area contributed by atoms with E-state index < -0.39 is 0 Å². The molecule has 0 saturated carbocycles. The zero-order valence-electron chi connectivity index (χ0n) is 19.1. The molecule has 1 heterocycles. The number of aromatic nitrogens is 3. The minimum Gasteiger partial charge on any atom is -0.504 e. The van der Waals surface area contributed by atoms with Gasteiger partial charge in [0.1, 0.15) is 0 Å². The van der Waals surface area contributed by atoms with Crippen molar-refractivity contribution in [1.82, 2.24) is 20.2 Å². The van der Waals surface area contributed by atoms with E-state index in [0.29, 0.717) is 38.9 Å². The molecule has 184 valence electrons. The van der Waals surface area contributed by atoms with E-state index in [1.54, 1.807) is 36.4 Å². The molecule has 2 N–H and O–H groups in total. The van der Waals surface area contributed by atoms with Crippen molar-refractivity contribution in [2.45, 2.75) is 12.1 Å². The van der Waals surface area contributed by atoms with Crippen molar-refractivity contribution in [1.29, 1.82) is 0 Å². The van der Waals surface area contributed by atoms with Crippen LogP contribution in [0, 0.1) is 0 Å². The van der Waals surface area contributed by atoms with E-state index in [-0.39, 0.29) is 17.4 Å². The van der Waals surface area contributed by atoms with Crippen LogP contribution in [0.15, 0.2) is 77.0 Å². The Bertz CT molecular complexity index is 1380. The number of phenols is 1. The molecule has 0 fully saturated rings. The summed E-state index contributed by atoms with van der Waals surface area (Å²) in [5.74, 6) is 0.730.